The molecule has 1 aliphatic heterocycles. The zero-order valence-corrected chi connectivity index (χ0v) is 13.1. The van der Waals surface area contributed by atoms with Gasteiger partial charge in [0.2, 0.25) is 0 Å². The number of amides is 1. The Morgan fingerprint density at radius 2 is 2.10 bits per heavy atom. The first-order valence-corrected chi connectivity index (χ1v) is 8.34. The quantitative estimate of drug-likeness (QED) is 0.888. The molecule has 2 heterocycles. The molecule has 0 unspecified atom stereocenters. The van der Waals surface area contributed by atoms with E-state index >= 15 is 0 Å². The first-order valence-electron chi connectivity index (χ1n) is 7.52. The number of thiazole rings is 1. The molecule has 3 N–H and O–H groups in total. The van der Waals surface area contributed by atoms with Crippen molar-refractivity contribution in [3.63, 3.8) is 0 Å². The summed E-state index contributed by atoms with van der Waals surface area (Å²) in [5.74, 6) is 0.349. The van der Waals surface area contributed by atoms with Crippen molar-refractivity contribution in [3.05, 3.63) is 4.88 Å². The molecule has 1 aromatic rings. The number of carbonyl (C=O) groups is 1. The number of likely N-dealkylation sites (tertiary alicyclic amines) is 1. The van der Waals surface area contributed by atoms with Gasteiger partial charge in [0, 0.05) is 26.2 Å². The summed E-state index contributed by atoms with van der Waals surface area (Å²) in [7, 11) is 1.72. The number of ether oxygens (including phenoxy) is 1. The predicted molar refractivity (Wildman–Crippen MR) is 83.7 cm³/mol. The third-order valence-corrected chi connectivity index (χ3v) is 5.33. The maximum atomic E-state index is 12.5. The molecule has 3 rings (SSSR count). The van der Waals surface area contributed by atoms with Crippen molar-refractivity contribution in [2.75, 3.05) is 31.2 Å². The van der Waals surface area contributed by atoms with Crippen LogP contribution < -0.4 is 11.1 Å². The monoisotopic (exact) mass is 310 g/mol. The van der Waals surface area contributed by atoms with Gasteiger partial charge in [-0.15, -0.1) is 0 Å². The Balaban J connectivity index is 1.64. The second-order valence-electron chi connectivity index (χ2n) is 5.73. The number of nitrogens with zero attached hydrogens (tertiary/aromatic N) is 2. The number of nitrogens with two attached hydrogens (primary N) is 1. The van der Waals surface area contributed by atoms with E-state index in [1.165, 1.54) is 30.6 Å². The fourth-order valence-corrected chi connectivity index (χ4v) is 3.64. The Morgan fingerprint density at radius 3 is 2.67 bits per heavy atom. The second-order valence-corrected chi connectivity index (χ2v) is 6.73. The van der Waals surface area contributed by atoms with Gasteiger partial charge in [-0.2, -0.15) is 0 Å². The van der Waals surface area contributed by atoms with Crippen molar-refractivity contribution in [2.24, 2.45) is 0 Å². The summed E-state index contributed by atoms with van der Waals surface area (Å²) in [5.41, 5.74) is 5.92. The van der Waals surface area contributed by atoms with Gasteiger partial charge in [0.1, 0.15) is 10.7 Å². The Kier molecular flexibility index (Phi) is 4.30. The maximum Gasteiger partial charge on any atom is 0.267 e. The number of nitrogen functional groups attached to an aromatic ring is 1. The minimum atomic E-state index is 0.00112. The molecule has 0 spiro atoms. The Labute approximate surface area is 128 Å². The van der Waals surface area contributed by atoms with Gasteiger partial charge in [0.05, 0.1) is 6.10 Å². The SMILES string of the molecule is COC1CCN(C(=O)c2sc(NC3CCC3)nc2N)CC1. The van der Waals surface area contributed by atoms with Crippen LogP contribution in [0.5, 0.6) is 0 Å². The largest absolute Gasteiger partial charge is 0.382 e. The molecular weight excluding hydrogens is 288 g/mol. The third-order valence-electron chi connectivity index (χ3n) is 4.34. The van der Waals surface area contributed by atoms with E-state index in [-0.39, 0.29) is 12.0 Å². The highest BCUT2D eigenvalue weighted by Gasteiger charge is 2.27. The zero-order chi connectivity index (χ0) is 14.8. The molecule has 7 heteroatoms. The van der Waals surface area contributed by atoms with E-state index in [0.29, 0.717) is 16.7 Å². The van der Waals surface area contributed by atoms with Gasteiger partial charge in [-0.05, 0) is 32.1 Å². The van der Waals surface area contributed by atoms with Gasteiger partial charge in [-0.25, -0.2) is 4.98 Å². The highest BCUT2D eigenvalue weighted by molar-refractivity contribution is 7.18. The van der Waals surface area contributed by atoms with E-state index in [1.54, 1.807) is 7.11 Å². The van der Waals surface area contributed by atoms with E-state index in [2.05, 4.69) is 10.3 Å². The van der Waals surface area contributed by atoms with Crippen molar-refractivity contribution in [1.82, 2.24) is 9.88 Å². The van der Waals surface area contributed by atoms with Crippen LogP contribution in [0.3, 0.4) is 0 Å². The number of hydrogen-bond acceptors (Lipinski definition) is 6. The summed E-state index contributed by atoms with van der Waals surface area (Å²) in [6.45, 7) is 1.44. The van der Waals surface area contributed by atoms with Crippen LogP contribution in [0.25, 0.3) is 0 Å². The lowest BCUT2D eigenvalue weighted by Crippen LogP contribution is -2.40. The highest BCUT2D eigenvalue weighted by Crippen LogP contribution is 2.30. The molecule has 1 aromatic heterocycles. The number of nitrogens with one attached hydrogen (secondary N) is 1. The van der Waals surface area contributed by atoms with Crippen molar-refractivity contribution in [3.8, 4) is 0 Å². The molecule has 0 atom stereocenters. The smallest absolute Gasteiger partial charge is 0.267 e. The molecule has 21 heavy (non-hydrogen) atoms. The topological polar surface area (TPSA) is 80.5 Å². The fourth-order valence-electron chi connectivity index (χ4n) is 2.71. The van der Waals surface area contributed by atoms with Gasteiger partial charge < -0.3 is 20.7 Å². The highest BCUT2D eigenvalue weighted by atomic mass is 32.1. The summed E-state index contributed by atoms with van der Waals surface area (Å²) in [6.07, 6.45) is 5.64. The Hall–Kier alpha value is -1.34. The minimum absolute atomic E-state index is 0.00112. The van der Waals surface area contributed by atoms with Gasteiger partial charge in [-0.3, -0.25) is 4.79 Å². The molecule has 2 fully saturated rings. The lowest BCUT2D eigenvalue weighted by atomic mass is 9.93. The first-order chi connectivity index (χ1) is 10.2. The zero-order valence-electron chi connectivity index (χ0n) is 12.3. The summed E-state index contributed by atoms with van der Waals surface area (Å²) in [4.78, 5) is 19.3. The van der Waals surface area contributed by atoms with Crippen LogP contribution in [0.15, 0.2) is 0 Å². The maximum absolute atomic E-state index is 12.5. The molecule has 116 valence electrons. The van der Waals surface area contributed by atoms with Gasteiger partial charge in [0.25, 0.3) is 5.91 Å². The van der Waals surface area contributed by atoms with Crippen LogP contribution in [-0.2, 0) is 4.74 Å². The summed E-state index contributed by atoms with van der Waals surface area (Å²) in [5, 5.41) is 4.12. The first kappa shape index (κ1) is 14.6. The molecule has 2 aliphatic rings. The molecule has 0 radical (unpaired) electrons. The van der Waals surface area contributed by atoms with E-state index in [1.807, 2.05) is 4.90 Å². The van der Waals surface area contributed by atoms with Crippen LogP contribution in [0, 0.1) is 0 Å². The summed E-state index contributed by atoms with van der Waals surface area (Å²) < 4.78 is 5.33. The normalized spacial score (nSPS) is 20.3. The van der Waals surface area contributed by atoms with Gasteiger partial charge >= 0.3 is 0 Å². The molecule has 0 aromatic carbocycles. The average molecular weight is 310 g/mol. The van der Waals surface area contributed by atoms with Crippen molar-refractivity contribution >= 4 is 28.2 Å². The fraction of sp³-hybridized carbons (Fsp3) is 0.714. The number of hydrogen-bond donors (Lipinski definition) is 2. The molecular formula is C14H22N4O2S. The van der Waals surface area contributed by atoms with E-state index < -0.39 is 0 Å². The van der Waals surface area contributed by atoms with Crippen molar-refractivity contribution in [2.45, 2.75) is 44.2 Å². The second kappa shape index (κ2) is 6.19. The molecule has 0 bridgehead atoms. The number of rotatable bonds is 4. The molecule has 1 aliphatic carbocycles. The molecule has 6 nitrogen and oxygen atoms in total. The van der Waals surface area contributed by atoms with Crippen molar-refractivity contribution in [1.29, 1.82) is 0 Å². The third kappa shape index (κ3) is 3.13. The van der Waals surface area contributed by atoms with E-state index in [4.69, 9.17) is 10.5 Å². The minimum Gasteiger partial charge on any atom is -0.382 e. The summed E-state index contributed by atoms with van der Waals surface area (Å²) in [6, 6.07) is 0.496. The summed E-state index contributed by atoms with van der Waals surface area (Å²) >= 11 is 1.38. The van der Waals surface area contributed by atoms with Gasteiger partial charge in [0.15, 0.2) is 5.13 Å². The van der Waals surface area contributed by atoms with Crippen LogP contribution in [0.2, 0.25) is 0 Å². The van der Waals surface area contributed by atoms with Crippen molar-refractivity contribution < 1.29 is 9.53 Å². The number of methoxy groups -OCH3 is 1. The van der Waals surface area contributed by atoms with Crippen LogP contribution in [0.1, 0.15) is 41.8 Å². The molecule has 1 amide bonds. The van der Waals surface area contributed by atoms with E-state index in [0.717, 1.165) is 31.1 Å². The number of aromatic nitrogens is 1. The van der Waals surface area contributed by atoms with Crippen LogP contribution in [0.4, 0.5) is 10.9 Å². The standard InChI is InChI=1S/C14H22N4O2S/c1-20-10-5-7-18(8-6-10)13(19)11-12(15)17-14(21-11)16-9-3-2-4-9/h9-10H,2-8,15H2,1H3,(H,16,17). The lowest BCUT2D eigenvalue weighted by Gasteiger charge is -2.30. The van der Waals surface area contributed by atoms with Gasteiger partial charge in [-0.1, -0.05) is 11.3 Å². The Bertz CT molecular complexity index is 507. The number of carbonyl (C=O) groups excluding carboxylic acids is 1. The lowest BCUT2D eigenvalue weighted by molar-refractivity contribution is 0.0354. The Morgan fingerprint density at radius 1 is 1.38 bits per heavy atom. The molecule has 1 saturated heterocycles. The molecule has 1 saturated carbocycles. The average Bonchev–Trinajstić information content (AvgIpc) is 2.83. The number of piperidine rings is 1. The van der Waals surface area contributed by atoms with Crippen LogP contribution >= 0.6 is 11.3 Å². The number of anilines is 2. The predicted octanol–water partition coefficient (Wildman–Crippen LogP) is 1.94. The van der Waals surface area contributed by atoms with E-state index in [9.17, 15) is 4.79 Å². The van der Waals surface area contributed by atoms with Crippen LogP contribution in [-0.4, -0.2) is 48.1 Å².